The van der Waals surface area contributed by atoms with E-state index in [2.05, 4.69) is 9.82 Å². The molecule has 0 fully saturated rings. The Morgan fingerprint density at radius 2 is 2.00 bits per heavy atom. The van der Waals surface area contributed by atoms with Crippen LogP contribution in [0.1, 0.15) is 32.3 Å². The van der Waals surface area contributed by atoms with E-state index in [0.29, 0.717) is 6.54 Å². The van der Waals surface area contributed by atoms with Crippen molar-refractivity contribution in [1.82, 2.24) is 14.5 Å². The minimum atomic E-state index is -3.87. The average Bonchev–Trinajstić information content (AvgIpc) is 2.97. The topological polar surface area (TPSA) is 81.1 Å². The van der Waals surface area contributed by atoms with Gasteiger partial charge in [0.2, 0.25) is 5.91 Å². The van der Waals surface area contributed by atoms with Gasteiger partial charge in [0.1, 0.15) is 4.90 Å². The number of hydrogen-bond acceptors (Lipinski definition) is 4. The molecular weight excluding hydrogens is 314 g/mol. The first-order valence-corrected chi connectivity index (χ1v) is 9.01. The molecule has 1 heterocycles. The number of nitrogens with one attached hydrogen (secondary N) is 1. The molecule has 0 unspecified atom stereocenters. The van der Waals surface area contributed by atoms with Crippen LogP contribution in [0.3, 0.4) is 0 Å². The SMILES string of the molecule is CC[C@@H](C)CC(=O)NS(=O)(=O)c1cnn(Cc2ccccc2)c1. The largest absolute Gasteiger partial charge is 0.274 e. The van der Waals surface area contributed by atoms with Crippen LogP contribution in [-0.2, 0) is 21.4 Å². The number of benzene rings is 1. The number of sulfonamides is 1. The van der Waals surface area contributed by atoms with Gasteiger partial charge < -0.3 is 0 Å². The zero-order valence-corrected chi connectivity index (χ0v) is 14.1. The lowest BCUT2D eigenvalue weighted by atomic mass is 10.1. The summed E-state index contributed by atoms with van der Waals surface area (Å²) >= 11 is 0. The molecule has 2 aromatic rings. The number of nitrogens with zero attached hydrogens (tertiary/aromatic N) is 2. The Labute approximate surface area is 136 Å². The number of amides is 1. The van der Waals surface area contributed by atoms with Crippen molar-refractivity contribution in [3.05, 3.63) is 48.3 Å². The maximum atomic E-state index is 12.2. The van der Waals surface area contributed by atoms with E-state index in [1.54, 1.807) is 0 Å². The van der Waals surface area contributed by atoms with Crippen LogP contribution in [-0.4, -0.2) is 24.1 Å². The molecule has 0 bridgehead atoms. The van der Waals surface area contributed by atoms with Crippen molar-refractivity contribution in [2.45, 2.75) is 38.1 Å². The van der Waals surface area contributed by atoms with Gasteiger partial charge in [-0.2, -0.15) is 5.10 Å². The highest BCUT2D eigenvalue weighted by Crippen LogP contribution is 2.11. The highest BCUT2D eigenvalue weighted by Gasteiger charge is 2.20. The third-order valence-electron chi connectivity index (χ3n) is 3.59. The second-order valence-electron chi connectivity index (χ2n) is 5.61. The molecule has 124 valence electrons. The molecule has 2 rings (SSSR count). The molecule has 7 heteroatoms. The van der Waals surface area contributed by atoms with Crippen LogP contribution in [0.15, 0.2) is 47.6 Å². The van der Waals surface area contributed by atoms with Gasteiger partial charge in [-0.3, -0.25) is 9.48 Å². The van der Waals surface area contributed by atoms with E-state index in [4.69, 9.17) is 0 Å². The van der Waals surface area contributed by atoms with Crippen LogP contribution in [0.2, 0.25) is 0 Å². The highest BCUT2D eigenvalue weighted by molar-refractivity contribution is 7.90. The van der Waals surface area contributed by atoms with Gasteiger partial charge in [-0.25, -0.2) is 13.1 Å². The Kier molecular flexibility index (Phi) is 5.54. The summed E-state index contributed by atoms with van der Waals surface area (Å²) in [7, 11) is -3.87. The van der Waals surface area contributed by atoms with Gasteiger partial charge in [-0.1, -0.05) is 50.6 Å². The van der Waals surface area contributed by atoms with E-state index in [-0.39, 0.29) is 17.2 Å². The second kappa shape index (κ2) is 7.41. The van der Waals surface area contributed by atoms with Crippen molar-refractivity contribution in [1.29, 1.82) is 0 Å². The van der Waals surface area contributed by atoms with Crippen LogP contribution in [0.25, 0.3) is 0 Å². The molecular formula is C16H21N3O3S. The standard InChI is InChI=1S/C16H21N3O3S/c1-3-13(2)9-16(20)18-23(21,22)15-10-17-19(12-15)11-14-7-5-4-6-8-14/h4-8,10,12-13H,3,9,11H2,1-2H3,(H,18,20)/t13-/m1/s1. The summed E-state index contributed by atoms with van der Waals surface area (Å²) in [6.07, 6.45) is 3.68. The van der Waals surface area contributed by atoms with Gasteiger partial charge >= 0.3 is 0 Å². The molecule has 6 nitrogen and oxygen atoms in total. The molecule has 0 saturated carbocycles. The van der Waals surface area contributed by atoms with Crippen LogP contribution in [0.4, 0.5) is 0 Å². The maximum Gasteiger partial charge on any atom is 0.267 e. The van der Waals surface area contributed by atoms with Gasteiger partial charge in [-0.05, 0) is 11.5 Å². The van der Waals surface area contributed by atoms with E-state index in [1.807, 2.05) is 44.2 Å². The molecule has 1 aromatic heterocycles. The fourth-order valence-electron chi connectivity index (χ4n) is 2.05. The van der Waals surface area contributed by atoms with E-state index in [9.17, 15) is 13.2 Å². The molecule has 23 heavy (non-hydrogen) atoms. The first-order valence-electron chi connectivity index (χ1n) is 7.52. The van der Waals surface area contributed by atoms with Crippen molar-refractivity contribution in [3.8, 4) is 0 Å². The summed E-state index contributed by atoms with van der Waals surface area (Å²) in [5.74, 6) is -0.346. The normalized spacial score (nSPS) is 12.8. The lowest BCUT2D eigenvalue weighted by Crippen LogP contribution is -2.31. The van der Waals surface area contributed by atoms with Crippen LogP contribution in [0.5, 0.6) is 0 Å². The fourth-order valence-corrected chi connectivity index (χ4v) is 3.00. The van der Waals surface area contributed by atoms with Crippen molar-refractivity contribution >= 4 is 15.9 Å². The third-order valence-corrected chi connectivity index (χ3v) is 4.91. The molecule has 0 aliphatic carbocycles. The molecule has 1 aromatic carbocycles. The zero-order chi connectivity index (χ0) is 16.9. The minimum Gasteiger partial charge on any atom is -0.274 e. The smallest absolute Gasteiger partial charge is 0.267 e. The molecule has 0 aliphatic heterocycles. The van der Waals surface area contributed by atoms with Gasteiger partial charge in [-0.15, -0.1) is 0 Å². The number of rotatable bonds is 7. The number of aromatic nitrogens is 2. The van der Waals surface area contributed by atoms with E-state index in [0.717, 1.165) is 12.0 Å². The Balaban J connectivity index is 2.05. The Morgan fingerprint density at radius 1 is 1.30 bits per heavy atom. The average molecular weight is 335 g/mol. The predicted molar refractivity (Wildman–Crippen MR) is 87.2 cm³/mol. The van der Waals surface area contributed by atoms with E-state index >= 15 is 0 Å². The molecule has 0 spiro atoms. The Hall–Kier alpha value is -2.15. The molecule has 0 aliphatic rings. The third kappa shape index (κ3) is 4.92. The Bertz CT molecular complexity index is 754. The first kappa shape index (κ1) is 17.2. The van der Waals surface area contributed by atoms with Crippen LogP contribution >= 0.6 is 0 Å². The number of carbonyl (C=O) groups excluding carboxylic acids is 1. The lowest BCUT2D eigenvalue weighted by Gasteiger charge is -2.08. The predicted octanol–water partition coefficient (Wildman–Crippen LogP) is 2.17. The highest BCUT2D eigenvalue weighted by atomic mass is 32.2. The van der Waals surface area contributed by atoms with Crippen LogP contribution < -0.4 is 4.72 Å². The summed E-state index contributed by atoms with van der Waals surface area (Å²) in [5, 5.41) is 4.05. The summed E-state index contributed by atoms with van der Waals surface area (Å²) in [6.45, 7) is 4.33. The van der Waals surface area contributed by atoms with Crippen molar-refractivity contribution in [2.24, 2.45) is 5.92 Å². The van der Waals surface area contributed by atoms with Gasteiger partial charge in [0.15, 0.2) is 0 Å². The summed E-state index contributed by atoms with van der Waals surface area (Å²) in [6, 6.07) is 9.60. The molecule has 0 saturated heterocycles. The molecule has 0 radical (unpaired) electrons. The fraction of sp³-hybridized carbons (Fsp3) is 0.375. The zero-order valence-electron chi connectivity index (χ0n) is 13.3. The first-order chi connectivity index (χ1) is 10.9. The second-order valence-corrected chi connectivity index (χ2v) is 7.29. The van der Waals surface area contributed by atoms with Crippen molar-refractivity contribution in [3.63, 3.8) is 0 Å². The minimum absolute atomic E-state index is 0.00840. The molecule has 1 N–H and O–H groups in total. The maximum absolute atomic E-state index is 12.2. The number of hydrogen-bond donors (Lipinski definition) is 1. The quantitative estimate of drug-likeness (QED) is 0.841. The van der Waals surface area contributed by atoms with Crippen molar-refractivity contribution < 1.29 is 13.2 Å². The van der Waals surface area contributed by atoms with Gasteiger partial charge in [0.25, 0.3) is 10.0 Å². The number of carbonyl (C=O) groups is 1. The monoisotopic (exact) mass is 335 g/mol. The lowest BCUT2D eigenvalue weighted by molar-refractivity contribution is -0.120. The van der Waals surface area contributed by atoms with Crippen molar-refractivity contribution in [2.75, 3.05) is 0 Å². The van der Waals surface area contributed by atoms with E-state index in [1.165, 1.54) is 17.1 Å². The molecule has 1 amide bonds. The van der Waals surface area contributed by atoms with E-state index < -0.39 is 15.9 Å². The van der Waals surface area contributed by atoms with Crippen LogP contribution in [0, 0.1) is 5.92 Å². The Morgan fingerprint density at radius 3 is 2.65 bits per heavy atom. The molecule has 1 atom stereocenters. The van der Waals surface area contributed by atoms with Gasteiger partial charge in [0.05, 0.1) is 12.7 Å². The summed E-state index contributed by atoms with van der Waals surface area (Å²) < 4.78 is 28.0. The summed E-state index contributed by atoms with van der Waals surface area (Å²) in [4.78, 5) is 11.8. The summed E-state index contributed by atoms with van der Waals surface area (Å²) in [5.41, 5.74) is 1.01. The van der Waals surface area contributed by atoms with Gasteiger partial charge in [0, 0.05) is 12.6 Å².